The van der Waals surface area contributed by atoms with Gasteiger partial charge in [0.15, 0.2) is 0 Å². The van der Waals surface area contributed by atoms with Crippen LogP contribution in [0, 0.1) is 0 Å². The summed E-state index contributed by atoms with van der Waals surface area (Å²) in [5.74, 6) is -2.89. The zero-order valence-electron chi connectivity index (χ0n) is 12.8. The molecular weight excluding hydrogens is 366 g/mol. The molecule has 0 fully saturated rings. The Morgan fingerprint density at radius 2 is 1.88 bits per heavy atom. The van der Waals surface area contributed by atoms with Crippen LogP contribution in [0.1, 0.15) is 26.7 Å². The smallest absolute Gasteiger partial charge is 0.363 e. The highest BCUT2D eigenvalue weighted by Crippen LogP contribution is 2.53. The number of rotatable bonds is 5. The molecule has 0 aliphatic heterocycles. The van der Waals surface area contributed by atoms with Gasteiger partial charge < -0.3 is 14.5 Å². The lowest BCUT2D eigenvalue weighted by molar-refractivity contribution is 0.0478. The highest BCUT2D eigenvalue weighted by molar-refractivity contribution is 7.51. The summed E-state index contributed by atoms with van der Waals surface area (Å²) in [6, 6.07) is 14.9. The monoisotopic (exact) mass is 380 g/mol. The summed E-state index contributed by atoms with van der Waals surface area (Å²) >= 11 is 1.18. The molecule has 1 heterocycles. The van der Waals surface area contributed by atoms with E-state index in [0.29, 0.717) is 15.0 Å². The Kier molecular flexibility index (Phi) is 5.01. The molecule has 3 aromatic rings. The highest BCUT2D eigenvalue weighted by atomic mass is 32.1. The first-order valence-corrected chi connectivity index (χ1v) is 9.78. The number of hydrogen-bond acceptors (Lipinski definition) is 4. The van der Waals surface area contributed by atoms with Gasteiger partial charge in [-0.3, -0.25) is 4.57 Å². The maximum Gasteiger partial charge on any atom is 0.363 e. The first-order chi connectivity index (χ1) is 11.8. The number of benzene rings is 2. The molecule has 0 radical (unpaired) electrons. The Bertz CT molecular complexity index is 950. The second-order valence-corrected chi connectivity index (χ2v) is 8.11. The Morgan fingerprint density at radius 3 is 2.56 bits per heavy atom. The molecule has 2 N–H and O–H groups in total. The molecule has 0 spiro atoms. The topological polar surface area (TPSA) is 83.8 Å². The Hall–Kier alpha value is -2.05. The van der Waals surface area contributed by atoms with E-state index in [1.54, 1.807) is 0 Å². The van der Waals surface area contributed by atoms with Crippen molar-refractivity contribution in [3.8, 4) is 0 Å². The largest absolute Gasteiger partial charge is 0.457 e. The molecule has 3 rings (SSSR count). The van der Waals surface area contributed by atoms with E-state index in [0.717, 1.165) is 5.56 Å². The first-order valence-electron chi connectivity index (χ1n) is 7.28. The van der Waals surface area contributed by atoms with E-state index in [1.165, 1.54) is 35.6 Å². The van der Waals surface area contributed by atoms with Crippen molar-refractivity contribution >= 4 is 35.0 Å². The average molecular weight is 380 g/mol. The summed E-state index contributed by atoms with van der Waals surface area (Å²) in [4.78, 5) is 30.4. The van der Waals surface area contributed by atoms with Crippen molar-refractivity contribution in [2.45, 2.75) is 12.5 Å². The van der Waals surface area contributed by atoms with Crippen LogP contribution in [0.2, 0.25) is 0 Å². The van der Waals surface area contributed by atoms with Crippen LogP contribution in [0.25, 0.3) is 10.1 Å². The Balaban J connectivity index is 1.79. The summed E-state index contributed by atoms with van der Waals surface area (Å²) in [6.07, 6.45) is 0. The molecule has 130 valence electrons. The number of thiophene rings is 1. The lowest BCUT2D eigenvalue weighted by Gasteiger charge is -2.09. The lowest BCUT2D eigenvalue weighted by Crippen LogP contribution is -2.02. The van der Waals surface area contributed by atoms with Crippen LogP contribution in [0.5, 0.6) is 0 Å². The third-order valence-corrected chi connectivity index (χ3v) is 5.51. The molecule has 0 bridgehead atoms. The van der Waals surface area contributed by atoms with Gasteiger partial charge in [-0.15, -0.1) is 11.3 Å². The van der Waals surface area contributed by atoms with Gasteiger partial charge in [0.2, 0.25) is 5.91 Å². The van der Waals surface area contributed by atoms with Crippen LogP contribution in [-0.2, 0) is 15.9 Å². The van der Waals surface area contributed by atoms with Crippen LogP contribution in [-0.4, -0.2) is 15.8 Å². The molecule has 5 nitrogen and oxygen atoms in total. The molecule has 0 saturated carbocycles. The molecule has 0 saturated heterocycles. The summed E-state index contributed by atoms with van der Waals surface area (Å²) in [5, 5.41) is 0.533. The number of carbonyl (C=O) groups is 1. The van der Waals surface area contributed by atoms with Gasteiger partial charge >= 0.3 is 13.6 Å². The van der Waals surface area contributed by atoms with Crippen LogP contribution in [0.3, 0.4) is 0 Å². The number of ether oxygens (including phenoxy) is 1. The third-order valence-electron chi connectivity index (χ3n) is 3.52. The van der Waals surface area contributed by atoms with E-state index in [4.69, 9.17) is 14.5 Å². The minimum atomic E-state index is -4.87. The fraction of sp³-hybridized carbons (Fsp3) is 0.118. The molecule has 0 aliphatic carbocycles. The quantitative estimate of drug-likeness (QED) is 0.506. The third kappa shape index (κ3) is 4.14. The van der Waals surface area contributed by atoms with Gasteiger partial charge in [0.05, 0.1) is 0 Å². The van der Waals surface area contributed by atoms with Gasteiger partial charge in [0.1, 0.15) is 11.5 Å². The lowest BCUT2D eigenvalue weighted by atomic mass is 10.2. The first kappa shape index (κ1) is 17.8. The van der Waals surface area contributed by atoms with Gasteiger partial charge in [0, 0.05) is 4.70 Å². The van der Waals surface area contributed by atoms with E-state index in [9.17, 15) is 13.8 Å². The van der Waals surface area contributed by atoms with Gasteiger partial charge in [-0.2, -0.15) is 0 Å². The van der Waals surface area contributed by atoms with Crippen LogP contribution in [0.4, 0.5) is 4.39 Å². The fourth-order valence-electron chi connectivity index (χ4n) is 2.30. The van der Waals surface area contributed by atoms with Crippen molar-refractivity contribution in [2.24, 2.45) is 0 Å². The van der Waals surface area contributed by atoms with Crippen molar-refractivity contribution < 1.29 is 28.3 Å². The van der Waals surface area contributed by atoms with Gasteiger partial charge in [-0.25, -0.2) is 9.18 Å². The summed E-state index contributed by atoms with van der Waals surface area (Å²) in [6.45, 7) is 0.143. The van der Waals surface area contributed by atoms with Crippen LogP contribution >= 0.6 is 18.9 Å². The van der Waals surface area contributed by atoms with E-state index >= 15 is 0 Å². The van der Waals surface area contributed by atoms with Crippen LogP contribution < -0.4 is 0 Å². The Labute approximate surface area is 146 Å². The second-order valence-electron chi connectivity index (χ2n) is 5.39. The van der Waals surface area contributed by atoms with E-state index in [1.807, 2.05) is 30.3 Å². The Morgan fingerprint density at radius 1 is 1.16 bits per heavy atom. The van der Waals surface area contributed by atoms with Gasteiger partial charge in [-0.05, 0) is 34.7 Å². The summed E-state index contributed by atoms with van der Waals surface area (Å²) in [5.41, 5.74) is 0.740. The molecule has 8 heteroatoms. The van der Waals surface area contributed by atoms with Gasteiger partial charge in [-0.1, -0.05) is 36.4 Å². The summed E-state index contributed by atoms with van der Waals surface area (Å²) < 4.78 is 30.8. The average Bonchev–Trinajstić information content (AvgIpc) is 3.02. The van der Waals surface area contributed by atoms with E-state index in [2.05, 4.69) is 0 Å². The van der Waals surface area contributed by atoms with Crippen molar-refractivity contribution in [1.82, 2.24) is 0 Å². The zero-order valence-corrected chi connectivity index (χ0v) is 14.5. The predicted octanol–water partition coefficient (Wildman–Crippen LogP) is 4.40. The second kappa shape index (κ2) is 7.06. The van der Waals surface area contributed by atoms with Gasteiger partial charge in [0.25, 0.3) is 0 Å². The number of esters is 1. The van der Waals surface area contributed by atoms with E-state index in [-0.39, 0.29) is 12.2 Å². The minimum Gasteiger partial charge on any atom is -0.457 e. The number of halogens is 1. The van der Waals surface area contributed by atoms with Crippen molar-refractivity contribution in [3.63, 3.8) is 0 Å². The van der Waals surface area contributed by atoms with Crippen LogP contribution in [0.15, 0.2) is 54.6 Å². The summed E-state index contributed by atoms with van der Waals surface area (Å²) in [7, 11) is -4.87. The number of carbonyl (C=O) groups excluding carboxylic acids is 1. The number of alkyl halides is 1. The van der Waals surface area contributed by atoms with Crippen molar-refractivity contribution in [1.29, 1.82) is 0 Å². The maximum absolute atomic E-state index is 13.8. The number of fused-ring (bicyclic) bond motifs is 1. The molecule has 2 aromatic carbocycles. The molecular formula is C17H14FO5PS. The standard InChI is InChI=1S/C17H14FO5PS/c18-16(24(20,21)22)12-6-7-14-13(8-12)9-15(25-14)17(19)23-10-11-4-2-1-3-5-11/h1-9,16H,10H2,(H2,20,21,22)/t16-/m0/s1. The van der Waals surface area contributed by atoms with E-state index < -0.39 is 19.5 Å². The molecule has 0 aliphatic rings. The SMILES string of the molecule is O=C(OCc1ccccc1)c1cc2cc([C@@H](F)P(=O)(O)O)ccc2s1. The van der Waals surface area contributed by atoms with Crippen molar-refractivity contribution in [2.75, 3.05) is 0 Å². The normalized spacial score (nSPS) is 12.9. The fourth-order valence-corrected chi connectivity index (χ4v) is 3.78. The highest BCUT2D eigenvalue weighted by Gasteiger charge is 2.30. The molecule has 25 heavy (non-hydrogen) atoms. The van der Waals surface area contributed by atoms with Crippen molar-refractivity contribution in [3.05, 3.63) is 70.6 Å². The maximum atomic E-state index is 13.8. The zero-order chi connectivity index (χ0) is 18.0. The predicted molar refractivity (Wildman–Crippen MR) is 93.3 cm³/mol. The molecule has 0 unspecified atom stereocenters. The molecule has 1 aromatic heterocycles. The molecule has 0 amide bonds. The molecule has 1 atom stereocenters. The number of hydrogen-bond donors (Lipinski definition) is 2. The minimum absolute atomic E-state index is 0.122.